The average Bonchev–Trinajstić information content (AvgIpc) is 2.60. The van der Waals surface area contributed by atoms with Crippen LogP contribution in [0.15, 0.2) is 47.3 Å². The van der Waals surface area contributed by atoms with E-state index in [-0.39, 0.29) is 11.4 Å². The molecule has 0 saturated heterocycles. The van der Waals surface area contributed by atoms with Crippen LogP contribution in [0.4, 0.5) is 4.39 Å². The molecule has 0 fully saturated rings. The van der Waals surface area contributed by atoms with Gasteiger partial charge < -0.3 is 5.32 Å². The first-order chi connectivity index (χ1) is 11.7. The standard InChI is InChI=1S/C19H14FN3O/c20-15-3-1-2-13(10-15)4-5-14-6-7-16-17(11-14)22-18-12-21-8-9-23(18)19(16)24/h1-3,6-7,10-11,21H,8-9,12H2. The van der Waals surface area contributed by atoms with Crippen molar-refractivity contribution in [3.8, 4) is 11.8 Å². The summed E-state index contributed by atoms with van der Waals surface area (Å²) in [5.74, 6) is 6.36. The number of hydrogen-bond donors (Lipinski definition) is 1. The van der Waals surface area contributed by atoms with Crippen molar-refractivity contribution in [3.05, 3.63) is 75.6 Å². The van der Waals surface area contributed by atoms with Crippen LogP contribution in [0.2, 0.25) is 0 Å². The summed E-state index contributed by atoms with van der Waals surface area (Å²) in [7, 11) is 0. The first-order valence-electron chi connectivity index (χ1n) is 7.72. The van der Waals surface area contributed by atoms with Gasteiger partial charge in [0.2, 0.25) is 0 Å². The summed E-state index contributed by atoms with van der Waals surface area (Å²) in [6.45, 7) is 2.00. The molecule has 4 rings (SSSR count). The topological polar surface area (TPSA) is 46.9 Å². The lowest BCUT2D eigenvalue weighted by molar-refractivity contribution is 0.486. The SMILES string of the molecule is O=c1c2ccc(C#Cc3cccc(F)c3)cc2nc2n1CCNC2. The Labute approximate surface area is 138 Å². The van der Waals surface area contributed by atoms with Crippen LogP contribution in [0.25, 0.3) is 10.9 Å². The molecular formula is C19H14FN3O. The lowest BCUT2D eigenvalue weighted by atomic mass is 10.1. The van der Waals surface area contributed by atoms with Gasteiger partial charge in [-0.1, -0.05) is 17.9 Å². The van der Waals surface area contributed by atoms with Crippen LogP contribution in [0.5, 0.6) is 0 Å². The van der Waals surface area contributed by atoms with Gasteiger partial charge >= 0.3 is 0 Å². The lowest BCUT2D eigenvalue weighted by Gasteiger charge is -2.18. The minimum Gasteiger partial charge on any atom is -0.308 e. The number of hydrogen-bond acceptors (Lipinski definition) is 3. The van der Waals surface area contributed by atoms with Crippen molar-refractivity contribution in [1.82, 2.24) is 14.9 Å². The summed E-state index contributed by atoms with van der Waals surface area (Å²) in [5.41, 5.74) is 1.98. The Morgan fingerprint density at radius 3 is 2.79 bits per heavy atom. The highest BCUT2D eigenvalue weighted by Gasteiger charge is 2.13. The van der Waals surface area contributed by atoms with Crippen LogP contribution in [0, 0.1) is 17.7 Å². The molecule has 0 saturated carbocycles. The van der Waals surface area contributed by atoms with Gasteiger partial charge in [0.05, 0.1) is 17.4 Å². The van der Waals surface area contributed by atoms with Crippen molar-refractivity contribution in [2.45, 2.75) is 13.1 Å². The molecule has 0 radical (unpaired) electrons. The van der Waals surface area contributed by atoms with E-state index in [1.807, 2.05) is 0 Å². The highest BCUT2D eigenvalue weighted by atomic mass is 19.1. The third-order valence-corrected chi connectivity index (χ3v) is 4.01. The van der Waals surface area contributed by atoms with Gasteiger partial charge in [0.15, 0.2) is 0 Å². The molecule has 2 aromatic carbocycles. The maximum atomic E-state index is 13.2. The second-order valence-electron chi connectivity index (χ2n) is 5.65. The molecule has 0 aliphatic carbocycles. The number of fused-ring (bicyclic) bond motifs is 2. The van der Waals surface area contributed by atoms with Crippen molar-refractivity contribution < 1.29 is 4.39 Å². The van der Waals surface area contributed by atoms with Crippen molar-refractivity contribution >= 4 is 10.9 Å². The van der Waals surface area contributed by atoms with Crippen LogP contribution in [0.1, 0.15) is 17.0 Å². The molecule has 4 nitrogen and oxygen atoms in total. The van der Waals surface area contributed by atoms with Gasteiger partial charge in [0.25, 0.3) is 5.56 Å². The molecule has 1 aromatic heterocycles. The first kappa shape index (κ1) is 14.6. The molecule has 2 heterocycles. The van der Waals surface area contributed by atoms with Gasteiger partial charge in [-0.15, -0.1) is 0 Å². The maximum Gasteiger partial charge on any atom is 0.261 e. The quantitative estimate of drug-likeness (QED) is 0.645. The zero-order valence-corrected chi connectivity index (χ0v) is 12.8. The molecule has 1 aliphatic rings. The largest absolute Gasteiger partial charge is 0.308 e. The Morgan fingerprint density at radius 1 is 1.12 bits per heavy atom. The van der Waals surface area contributed by atoms with Crippen molar-refractivity contribution in [2.24, 2.45) is 0 Å². The molecule has 0 amide bonds. The second-order valence-corrected chi connectivity index (χ2v) is 5.65. The highest BCUT2D eigenvalue weighted by Crippen LogP contribution is 2.12. The van der Waals surface area contributed by atoms with E-state index >= 15 is 0 Å². The van der Waals surface area contributed by atoms with E-state index in [9.17, 15) is 9.18 Å². The number of benzene rings is 2. The molecule has 0 bridgehead atoms. The third kappa shape index (κ3) is 2.68. The molecule has 5 heteroatoms. The fraction of sp³-hybridized carbons (Fsp3) is 0.158. The zero-order valence-electron chi connectivity index (χ0n) is 12.8. The molecule has 24 heavy (non-hydrogen) atoms. The normalized spacial score (nSPS) is 13.2. The monoisotopic (exact) mass is 319 g/mol. The van der Waals surface area contributed by atoms with Crippen LogP contribution >= 0.6 is 0 Å². The van der Waals surface area contributed by atoms with Gasteiger partial charge in [-0.2, -0.15) is 0 Å². The van der Waals surface area contributed by atoms with Crippen molar-refractivity contribution in [3.63, 3.8) is 0 Å². The summed E-state index contributed by atoms with van der Waals surface area (Å²) in [6.07, 6.45) is 0. The molecule has 1 aliphatic heterocycles. The number of aromatic nitrogens is 2. The number of halogens is 1. The van der Waals surface area contributed by atoms with Crippen LogP contribution in [-0.2, 0) is 13.1 Å². The van der Waals surface area contributed by atoms with E-state index in [2.05, 4.69) is 22.1 Å². The van der Waals surface area contributed by atoms with Gasteiger partial charge in [0, 0.05) is 24.2 Å². The van der Waals surface area contributed by atoms with E-state index in [1.54, 1.807) is 34.9 Å². The Balaban J connectivity index is 1.78. The van der Waals surface area contributed by atoms with E-state index in [4.69, 9.17) is 0 Å². The molecule has 0 atom stereocenters. The molecule has 0 unspecified atom stereocenters. The van der Waals surface area contributed by atoms with Gasteiger partial charge in [-0.25, -0.2) is 9.37 Å². The Bertz CT molecular complexity index is 1060. The molecular weight excluding hydrogens is 305 g/mol. The zero-order chi connectivity index (χ0) is 16.5. The lowest BCUT2D eigenvalue weighted by Crippen LogP contribution is -2.37. The van der Waals surface area contributed by atoms with Crippen LogP contribution in [0.3, 0.4) is 0 Å². The molecule has 1 N–H and O–H groups in total. The van der Waals surface area contributed by atoms with Crippen molar-refractivity contribution in [2.75, 3.05) is 6.54 Å². The van der Waals surface area contributed by atoms with E-state index < -0.39 is 0 Å². The van der Waals surface area contributed by atoms with Gasteiger partial charge in [-0.05, 0) is 36.4 Å². The summed E-state index contributed by atoms with van der Waals surface area (Å²) in [5, 5.41) is 3.81. The van der Waals surface area contributed by atoms with Gasteiger partial charge in [0.1, 0.15) is 11.6 Å². The number of nitrogens with zero attached hydrogens (tertiary/aromatic N) is 2. The minimum atomic E-state index is -0.311. The Morgan fingerprint density at radius 2 is 1.96 bits per heavy atom. The molecule has 0 spiro atoms. The fourth-order valence-electron chi connectivity index (χ4n) is 2.81. The summed E-state index contributed by atoms with van der Waals surface area (Å²) >= 11 is 0. The first-order valence-corrected chi connectivity index (χ1v) is 7.72. The van der Waals surface area contributed by atoms with Crippen LogP contribution < -0.4 is 10.9 Å². The Kier molecular flexibility index (Phi) is 3.60. The fourth-order valence-corrected chi connectivity index (χ4v) is 2.81. The highest BCUT2D eigenvalue weighted by molar-refractivity contribution is 5.79. The number of rotatable bonds is 0. The van der Waals surface area contributed by atoms with E-state index in [0.717, 1.165) is 17.9 Å². The molecule has 118 valence electrons. The summed E-state index contributed by atoms with van der Waals surface area (Å²) in [4.78, 5) is 17.1. The predicted molar refractivity (Wildman–Crippen MR) is 90.1 cm³/mol. The van der Waals surface area contributed by atoms with Crippen LogP contribution in [-0.4, -0.2) is 16.1 Å². The summed E-state index contributed by atoms with van der Waals surface area (Å²) < 4.78 is 14.9. The smallest absolute Gasteiger partial charge is 0.261 e. The molecule has 3 aromatic rings. The minimum absolute atomic E-state index is 0.0128. The van der Waals surface area contributed by atoms with Crippen molar-refractivity contribution in [1.29, 1.82) is 0 Å². The maximum absolute atomic E-state index is 13.2. The Hall–Kier alpha value is -2.97. The third-order valence-electron chi connectivity index (χ3n) is 4.01. The predicted octanol–water partition coefficient (Wildman–Crippen LogP) is 2.04. The van der Waals surface area contributed by atoms with E-state index in [0.29, 0.717) is 29.6 Å². The van der Waals surface area contributed by atoms with Gasteiger partial charge in [-0.3, -0.25) is 9.36 Å². The summed E-state index contributed by atoms with van der Waals surface area (Å²) in [6, 6.07) is 11.5. The average molecular weight is 319 g/mol. The number of nitrogens with one attached hydrogen (secondary N) is 1. The van der Waals surface area contributed by atoms with E-state index in [1.165, 1.54) is 12.1 Å². The second kappa shape index (κ2) is 5.91.